The Morgan fingerprint density at radius 3 is 2.90 bits per heavy atom. The summed E-state index contributed by atoms with van der Waals surface area (Å²) in [5.74, 6) is 1.19. The molecule has 0 unspecified atom stereocenters. The van der Waals surface area contributed by atoms with Gasteiger partial charge in [-0.25, -0.2) is 0 Å². The molecule has 0 bridgehead atoms. The molecule has 1 aromatic rings. The second-order valence-corrected chi connectivity index (χ2v) is 3.49. The summed E-state index contributed by atoms with van der Waals surface area (Å²) in [6, 6.07) is 2.09. The van der Waals surface area contributed by atoms with Gasteiger partial charge in [0.1, 0.15) is 5.76 Å². The third kappa shape index (κ3) is 1.01. The molecule has 0 amide bonds. The Bertz CT molecular complexity index is 216. The van der Waals surface area contributed by atoms with E-state index >= 15 is 0 Å². The topological polar surface area (TPSA) is 13.1 Å². The van der Waals surface area contributed by atoms with Gasteiger partial charge in [0.2, 0.25) is 0 Å². The van der Waals surface area contributed by atoms with Gasteiger partial charge in [0.05, 0.1) is 0 Å². The third-order valence-electron chi connectivity index (χ3n) is 1.97. The average Bonchev–Trinajstić information content (AvgIpc) is 2.27. The second-order valence-electron chi connectivity index (χ2n) is 2.71. The fraction of sp³-hybridized carbons (Fsp3) is 0.500. The van der Waals surface area contributed by atoms with Crippen LogP contribution >= 0.6 is 15.9 Å². The number of hydrogen-bond acceptors (Lipinski definition) is 1. The van der Waals surface area contributed by atoms with Crippen LogP contribution in [0.4, 0.5) is 0 Å². The monoisotopic (exact) mass is 200 g/mol. The van der Waals surface area contributed by atoms with Crippen LogP contribution in [0.15, 0.2) is 15.2 Å². The zero-order chi connectivity index (χ0) is 6.97. The van der Waals surface area contributed by atoms with Crippen LogP contribution in [0.2, 0.25) is 0 Å². The van der Waals surface area contributed by atoms with Crippen molar-refractivity contribution in [1.29, 1.82) is 0 Å². The molecule has 2 heteroatoms. The van der Waals surface area contributed by atoms with Crippen molar-refractivity contribution in [3.63, 3.8) is 0 Å². The highest BCUT2D eigenvalue weighted by atomic mass is 79.9. The van der Waals surface area contributed by atoms with Crippen molar-refractivity contribution in [3.05, 3.63) is 22.1 Å². The number of hydrogen-bond donors (Lipinski definition) is 0. The van der Waals surface area contributed by atoms with E-state index in [-0.39, 0.29) is 0 Å². The molecular weight excluding hydrogens is 192 g/mol. The molecule has 0 saturated heterocycles. The van der Waals surface area contributed by atoms with Gasteiger partial charge in [-0.15, -0.1) is 0 Å². The maximum absolute atomic E-state index is 5.42. The predicted molar refractivity (Wildman–Crippen MR) is 43.1 cm³/mol. The summed E-state index contributed by atoms with van der Waals surface area (Å²) in [6.07, 6.45) is 4.93. The highest BCUT2D eigenvalue weighted by Crippen LogP contribution is 2.26. The fourth-order valence-corrected chi connectivity index (χ4v) is 1.93. The quantitative estimate of drug-likeness (QED) is 0.628. The minimum atomic E-state index is 0.888. The largest absolute Gasteiger partial charge is 0.454 e. The van der Waals surface area contributed by atoms with Crippen LogP contribution in [0, 0.1) is 0 Å². The van der Waals surface area contributed by atoms with E-state index in [1.165, 1.54) is 30.6 Å². The molecule has 10 heavy (non-hydrogen) atoms. The molecule has 0 N–H and O–H groups in total. The Labute approximate surface area is 68.5 Å². The van der Waals surface area contributed by atoms with E-state index in [1.54, 1.807) is 0 Å². The lowest BCUT2D eigenvalue weighted by atomic mass is 9.99. The molecule has 0 fully saturated rings. The van der Waals surface area contributed by atoms with Gasteiger partial charge in [-0.3, -0.25) is 0 Å². The minimum absolute atomic E-state index is 0.888. The lowest BCUT2D eigenvalue weighted by Crippen LogP contribution is -1.97. The molecule has 54 valence electrons. The summed E-state index contributed by atoms with van der Waals surface area (Å²) in [6.45, 7) is 0. The Balaban J connectivity index is 2.41. The van der Waals surface area contributed by atoms with E-state index in [9.17, 15) is 0 Å². The molecule has 0 spiro atoms. The Morgan fingerprint density at radius 1 is 1.30 bits per heavy atom. The first-order valence-corrected chi connectivity index (χ1v) is 4.42. The molecule has 0 radical (unpaired) electrons. The number of furan rings is 1. The first kappa shape index (κ1) is 6.47. The Morgan fingerprint density at radius 2 is 2.10 bits per heavy atom. The lowest BCUT2D eigenvalue weighted by Gasteiger charge is -2.07. The number of halogens is 1. The summed E-state index contributed by atoms with van der Waals surface area (Å²) in [5, 5.41) is 0. The zero-order valence-corrected chi connectivity index (χ0v) is 7.28. The van der Waals surface area contributed by atoms with Crippen molar-refractivity contribution in [3.8, 4) is 0 Å². The van der Waals surface area contributed by atoms with Gasteiger partial charge in [-0.2, -0.15) is 0 Å². The summed E-state index contributed by atoms with van der Waals surface area (Å²) in [5.41, 5.74) is 1.40. The van der Waals surface area contributed by atoms with Crippen LogP contribution in [0.25, 0.3) is 0 Å². The Kier molecular flexibility index (Phi) is 1.57. The summed E-state index contributed by atoms with van der Waals surface area (Å²) < 4.78 is 6.31. The van der Waals surface area contributed by atoms with Crippen LogP contribution in [-0.4, -0.2) is 0 Å². The normalized spacial score (nSPS) is 16.9. The van der Waals surface area contributed by atoms with Crippen molar-refractivity contribution in [2.45, 2.75) is 25.7 Å². The molecule has 1 heterocycles. The van der Waals surface area contributed by atoms with Crippen molar-refractivity contribution in [2.24, 2.45) is 0 Å². The minimum Gasteiger partial charge on any atom is -0.454 e. The van der Waals surface area contributed by atoms with Gasteiger partial charge in [0.15, 0.2) is 4.67 Å². The van der Waals surface area contributed by atoms with E-state index < -0.39 is 0 Å². The van der Waals surface area contributed by atoms with Gasteiger partial charge in [0.25, 0.3) is 0 Å². The summed E-state index contributed by atoms with van der Waals surface area (Å²) in [7, 11) is 0. The standard InChI is InChI=1S/C8H9BrO/c9-8-5-6-3-1-2-4-7(6)10-8/h5H,1-4H2. The maximum atomic E-state index is 5.42. The highest BCUT2D eigenvalue weighted by molar-refractivity contribution is 9.10. The Hall–Kier alpha value is -0.240. The van der Waals surface area contributed by atoms with E-state index in [1.807, 2.05) is 0 Å². The van der Waals surface area contributed by atoms with E-state index in [0.717, 1.165) is 11.1 Å². The molecule has 0 saturated carbocycles. The SMILES string of the molecule is Brc1cc2c(o1)CCCC2. The predicted octanol–water partition coefficient (Wildman–Crippen LogP) is 2.92. The summed E-state index contributed by atoms with van der Waals surface area (Å²) in [4.78, 5) is 0. The number of aryl methyl sites for hydroxylation is 2. The van der Waals surface area contributed by atoms with Crippen LogP contribution in [-0.2, 0) is 12.8 Å². The smallest absolute Gasteiger partial charge is 0.169 e. The molecule has 0 aliphatic heterocycles. The van der Waals surface area contributed by atoms with Gasteiger partial charge in [-0.05, 0) is 46.8 Å². The first-order chi connectivity index (χ1) is 4.86. The van der Waals surface area contributed by atoms with E-state index in [0.29, 0.717) is 0 Å². The van der Waals surface area contributed by atoms with Crippen LogP contribution < -0.4 is 0 Å². The van der Waals surface area contributed by atoms with Crippen molar-refractivity contribution >= 4 is 15.9 Å². The average molecular weight is 201 g/mol. The zero-order valence-electron chi connectivity index (χ0n) is 5.69. The molecule has 0 atom stereocenters. The molecular formula is C8H9BrO. The highest BCUT2D eigenvalue weighted by Gasteiger charge is 2.13. The van der Waals surface area contributed by atoms with E-state index in [4.69, 9.17) is 4.42 Å². The van der Waals surface area contributed by atoms with Gasteiger partial charge >= 0.3 is 0 Å². The van der Waals surface area contributed by atoms with E-state index in [2.05, 4.69) is 22.0 Å². The van der Waals surface area contributed by atoms with Crippen LogP contribution in [0.5, 0.6) is 0 Å². The van der Waals surface area contributed by atoms with Crippen molar-refractivity contribution in [2.75, 3.05) is 0 Å². The second kappa shape index (κ2) is 2.42. The number of fused-ring (bicyclic) bond motifs is 1. The fourth-order valence-electron chi connectivity index (χ4n) is 1.45. The molecule has 0 aromatic carbocycles. The molecule has 1 aliphatic carbocycles. The maximum Gasteiger partial charge on any atom is 0.169 e. The lowest BCUT2D eigenvalue weighted by molar-refractivity contribution is 0.461. The molecule has 2 rings (SSSR count). The molecule has 1 nitrogen and oxygen atoms in total. The molecule has 1 aliphatic rings. The summed E-state index contributed by atoms with van der Waals surface area (Å²) >= 11 is 3.33. The van der Waals surface area contributed by atoms with Gasteiger partial charge in [0, 0.05) is 6.42 Å². The van der Waals surface area contributed by atoms with Gasteiger partial charge < -0.3 is 4.42 Å². The van der Waals surface area contributed by atoms with Crippen LogP contribution in [0.3, 0.4) is 0 Å². The van der Waals surface area contributed by atoms with Crippen molar-refractivity contribution in [1.82, 2.24) is 0 Å². The van der Waals surface area contributed by atoms with Crippen LogP contribution in [0.1, 0.15) is 24.2 Å². The van der Waals surface area contributed by atoms with Gasteiger partial charge in [-0.1, -0.05) is 0 Å². The third-order valence-corrected chi connectivity index (χ3v) is 2.36. The first-order valence-electron chi connectivity index (χ1n) is 3.63. The number of rotatable bonds is 0. The molecule has 1 aromatic heterocycles. The van der Waals surface area contributed by atoms with Crippen molar-refractivity contribution < 1.29 is 4.42 Å².